The average Bonchev–Trinajstić information content (AvgIpc) is 2.92. The summed E-state index contributed by atoms with van der Waals surface area (Å²) < 4.78 is 12.9. The number of fused-ring (bicyclic) bond motifs is 1. The van der Waals surface area contributed by atoms with E-state index in [1.54, 1.807) is 24.3 Å². The SMILES string of the molecule is CC1=CC=C(NC(=O)c2ccccc2)NC1.CN1CCCCc2cc(F)ccc21. The van der Waals surface area contributed by atoms with Crippen LogP contribution in [0.2, 0.25) is 0 Å². The molecular weight excluding hydrogens is 365 g/mol. The van der Waals surface area contributed by atoms with Crippen LogP contribution in [-0.4, -0.2) is 26.0 Å². The van der Waals surface area contributed by atoms with Gasteiger partial charge in [-0.2, -0.15) is 0 Å². The van der Waals surface area contributed by atoms with Crippen LogP contribution in [0.15, 0.2) is 72.1 Å². The number of aryl methyl sites for hydroxylation is 1. The molecule has 2 aliphatic heterocycles. The van der Waals surface area contributed by atoms with Gasteiger partial charge in [0.15, 0.2) is 0 Å². The van der Waals surface area contributed by atoms with Gasteiger partial charge >= 0.3 is 0 Å². The lowest BCUT2D eigenvalue weighted by atomic mass is 10.1. The number of hydrogen-bond acceptors (Lipinski definition) is 3. The van der Waals surface area contributed by atoms with Crippen LogP contribution >= 0.6 is 0 Å². The van der Waals surface area contributed by atoms with Gasteiger partial charge in [-0.1, -0.05) is 29.8 Å². The number of carbonyl (C=O) groups is 1. The fourth-order valence-corrected chi connectivity index (χ4v) is 3.36. The molecule has 0 spiro atoms. The Hall–Kier alpha value is -3.08. The predicted octanol–water partition coefficient (Wildman–Crippen LogP) is 4.41. The van der Waals surface area contributed by atoms with Crippen LogP contribution in [0.25, 0.3) is 0 Å². The van der Waals surface area contributed by atoms with Crippen molar-refractivity contribution in [2.75, 3.05) is 25.0 Å². The molecule has 4 rings (SSSR count). The lowest BCUT2D eigenvalue weighted by Gasteiger charge is -2.18. The maximum absolute atomic E-state index is 12.9. The van der Waals surface area contributed by atoms with E-state index in [9.17, 15) is 9.18 Å². The van der Waals surface area contributed by atoms with E-state index in [-0.39, 0.29) is 11.7 Å². The highest BCUT2D eigenvalue weighted by atomic mass is 19.1. The van der Waals surface area contributed by atoms with Crippen LogP contribution in [0.5, 0.6) is 0 Å². The summed E-state index contributed by atoms with van der Waals surface area (Å²) in [4.78, 5) is 14.0. The van der Waals surface area contributed by atoms with Gasteiger partial charge in [0.05, 0.1) is 0 Å². The number of halogens is 1. The first kappa shape index (κ1) is 20.6. The summed E-state index contributed by atoms with van der Waals surface area (Å²) in [5.41, 5.74) is 4.26. The Balaban J connectivity index is 0.000000169. The van der Waals surface area contributed by atoms with Gasteiger partial charge in [-0.05, 0) is 68.2 Å². The third kappa shape index (κ3) is 5.95. The number of dihydropyridines is 1. The van der Waals surface area contributed by atoms with Gasteiger partial charge in [0.25, 0.3) is 5.91 Å². The molecule has 2 aromatic rings. The standard InChI is InChI=1S/C13H14N2O.C11H14FN/c1-10-7-8-12(14-9-10)15-13(16)11-5-3-2-4-6-11;1-13-7-3-2-4-9-8-10(12)5-6-11(9)13/h2-8,14H,9H2,1H3,(H,15,16);5-6,8H,2-4,7H2,1H3. The summed E-state index contributed by atoms with van der Waals surface area (Å²) in [6.45, 7) is 3.90. The topological polar surface area (TPSA) is 44.4 Å². The molecule has 0 bridgehead atoms. The van der Waals surface area contributed by atoms with E-state index < -0.39 is 0 Å². The summed E-state index contributed by atoms with van der Waals surface area (Å²) in [5.74, 6) is 0.542. The van der Waals surface area contributed by atoms with Crippen molar-refractivity contribution in [1.82, 2.24) is 10.6 Å². The Morgan fingerprint density at radius 2 is 1.90 bits per heavy atom. The van der Waals surface area contributed by atoms with Gasteiger partial charge in [-0.25, -0.2) is 4.39 Å². The minimum Gasteiger partial charge on any atom is -0.374 e. The molecule has 2 heterocycles. The van der Waals surface area contributed by atoms with Crippen molar-refractivity contribution < 1.29 is 9.18 Å². The lowest BCUT2D eigenvalue weighted by Crippen LogP contribution is -2.33. The first-order valence-corrected chi connectivity index (χ1v) is 10.0. The zero-order chi connectivity index (χ0) is 20.6. The Labute approximate surface area is 172 Å². The summed E-state index contributed by atoms with van der Waals surface area (Å²) >= 11 is 0. The number of rotatable bonds is 2. The largest absolute Gasteiger partial charge is 0.374 e. The second-order valence-corrected chi connectivity index (χ2v) is 7.42. The molecule has 5 heteroatoms. The van der Waals surface area contributed by atoms with E-state index in [1.165, 1.54) is 24.1 Å². The number of nitrogens with zero attached hydrogens (tertiary/aromatic N) is 1. The van der Waals surface area contributed by atoms with Crippen LogP contribution in [0.3, 0.4) is 0 Å². The molecule has 0 radical (unpaired) electrons. The zero-order valence-electron chi connectivity index (χ0n) is 17.0. The van der Waals surface area contributed by atoms with Crippen molar-refractivity contribution >= 4 is 11.6 Å². The second kappa shape index (κ2) is 9.92. The first-order chi connectivity index (χ1) is 14.0. The molecule has 0 atom stereocenters. The number of hydrogen-bond donors (Lipinski definition) is 2. The monoisotopic (exact) mass is 393 g/mol. The molecule has 0 saturated heterocycles. The number of benzene rings is 2. The highest BCUT2D eigenvalue weighted by Gasteiger charge is 2.12. The lowest BCUT2D eigenvalue weighted by molar-refractivity contribution is 0.0963. The maximum Gasteiger partial charge on any atom is 0.256 e. The van der Waals surface area contributed by atoms with Gasteiger partial charge in [-0.15, -0.1) is 0 Å². The van der Waals surface area contributed by atoms with Crippen molar-refractivity contribution in [3.8, 4) is 0 Å². The normalized spacial score (nSPS) is 15.5. The minimum atomic E-state index is -0.117. The van der Waals surface area contributed by atoms with Crippen LogP contribution in [0, 0.1) is 5.82 Å². The molecule has 0 aromatic heterocycles. The molecule has 0 unspecified atom stereocenters. The van der Waals surface area contributed by atoms with Crippen molar-refractivity contribution in [1.29, 1.82) is 0 Å². The van der Waals surface area contributed by atoms with Gasteiger partial charge in [-0.3, -0.25) is 4.79 Å². The van der Waals surface area contributed by atoms with Crippen molar-refractivity contribution in [2.24, 2.45) is 0 Å². The van der Waals surface area contributed by atoms with E-state index >= 15 is 0 Å². The van der Waals surface area contributed by atoms with E-state index in [4.69, 9.17) is 0 Å². The number of amides is 1. The maximum atomic E-state index is 12.9. The first-order valence-electron chi connectivity index (χ1n) is 10.0. The molecule has 0 saturated carbocycles. The molecule has 152 valence electrons. The highest BCUT2D eigenvalue weighted by molar-refractivity contribution is 5.95. The summed E-state index contributed by atoms with van der Waals surface area (Å²) in [6, 6.07) is 14.3. The molecule has 2 N–H and O–H groups in total. The second-order valence-electron chi connectivity index (χ2n) is 7.42. The highest BCUT2D eigenvalue weighted by Crippen LogP contribution is 2.25. The van der Waals surface area contributed by atoms with Crippen LogP contribution in [-0.2, 0) is 6.42 Å². The van der Waals surface area contributed by atoms with Gasteiger partial charge in [0.2, 0.25) is 0 Å². The Bertz CT molecular complexity index is 906. The summed E-state index contributed by atoms with van der Waals surface area (Å²) in [6.07, 6.45) is 7.25. The Morgan fingerprint density at radius 1 is 1.10 bits per heavy atom. The van der Waals surface area contributed by atoms with Crippen molar-refractivity contribution in [3.05, 3.63) is 89.0 Å². The third-order valence-electron chi connectivity index (χ3n) is 5.02. The number of carbonyl (C=O) groups excluding carboxylic acids is 1. The fourth-order valence-electron chi connectivity index (χ4n) is 3.36. The third-order valence-corrected chi connectivity index (χ3v) is 5.02. The Kier molecular flexibility index (Phi) is 7.06. The molecule has 29 heavy (non-hydrogen) atoms. The molecule has 4 nitrogen and oxygen atoms in total. The Morgan fingerprint density at radius 3 is 2.62 bits per heavy atom. The number of nitrogens with one attached hydrogen (secondary N) is 2. The van der Waals surface area contributed by atoms with E-state index in [0.717, 1.165) is 30.9 Å². The molecule has 0 fully saturated rings. The molecule has 0 aliphatic carbocycles. The van der Waals surface area contributed by atoms with E-state index in [0.29, 0.717) is 5.56 Å². The zero-order valence-corrected chi connectivity index (χ0v) is 17.0. The van der Waals surface area contributed by atoms with Crippen molar-refractivity contribution in [3.63, 3.8) is 0 Å². The number of anilines is 1. The smallest absolute Gasteiger partial charge is 0.256 e. The van der Waals surface area contributed by atoms with Crippen LogP contribution in [0.4, 0.5) is 10.1 Å². The number of allylic oxidation sites excluding steroid dienone is 2. The van der Waals surface area contributed by atoms with Gasteiger partial charge < -0.3 is 15.5 Å². The summed E-state index contributed by atoms with van der Waals surface area (Å²) in [5, 5.41) is 5.95. The van der Waals surface area contributed by atoms with Crippen molar-refractivity contribution in [2.45, 2.75) is 26.2 Å². The quantitative estimate of drug-likeness (QED) is 0.795. The van der Waals surface area contributed by atoms with Crippen LogP contribution < -0.4 is 15.5 Å². The van der Waals surface area contributed by atoms with E-state index in [1.807, 2.05) is 43.3 Å². The van der Waals surface area contributed by atoms with Crippen LogP contribution in [0.1, 0.15) is 35.7 Å². The molecule has 2 aromatic carbocycles. The average molecular weight is 394 g/mol. The molecule has 2 aliphatic rings. The van der Waals surface area contributed by atoms with Gasteiger partial charge in [0, 0.05) is 31.4 Å². The summed E-state index contributed by atoms with van der Waals surface area (Å²) in [7, 11) is 2.07. The molecule has 1 amide bonds. The molecular formula is C24H28FN3O. The fraction of sp³-hybridized carbons (Fsp3) is 0.292. The van der Waals surface area contributed by atoms with Gasteiger partial charge in [0.1, 0.15) is 11.6 Å². The minimum absolute atomic E-state index is 0.0905. The predicted molar refractivity (Wildman–Crippen MR) is 116 cm³/mol. The van der Waals surface area contributed by atoms with E-state index in [2.05, 4.69) is 22.6 Å².